The fourth-order valence-corrected chi connectivity index (χ4v) is 1.50. The van der Waals surface area contributed by atoms with Gasteiger partial charge in [-0.3, -0.25) is 4.79 Å². The lowest BCUT2D eigenvalue weighted by Crippen LogP contribution is -2.36. The summed E-state index contributed by atoms with van der Waals surface area (Å²) in [4.78, 5) is 35.0. The number of aromatic hydroxyl groups is 1. The normalized spacial score (nSPS) is 9.81. The van der Waals surface area contributed by atoms with Gasteiger partial charge in [-0.15, -0.1) is 0 Å². The Balaban J connectivity index is 2.77. The van der Waals surface area contributed by atoms with Gasteiger partial charge in [-0.25, -0.2) is 9.59 Å². The number of amides is 2. The van der Waals surface area contributed by atoms with E-state index in [4.69, 9.17) is 9.84 Å². The molecular formula is C13H16N2O6. The molecule has 2 amide bonds. The highest BCUT2D eigenvalue weighted by Crippen LogP contribution is 2.27. The number of aromatic carboxylic acids is 1. The molecule has 0 aliphatic heterocycles. The van der Waals surface area contributed by atoms with E-state index in [1.165, 1.54) is 25.2 Å². The molecular weight excluding hydrogens is 280 g/mol. The van der Waals surface area contributed by atoms with Gasteiger partial charge >= 0.3 is 18.0 Å². The quantitative estimate of drug-likeness (QED) is 0.554. The third-order valence-electron chi connectivity index (χ3n) is 2.53. The molecule has 0 heterocycles. The van der Waals surface area contributed by atoms with E-state index in [2.05, 4.69) is 5.32 Å². The number of urea groups is 1. The number of ether oxygens (including phenoxy) is 1. The van der Waals surface area contributed by atoms with E-state index >= 15 is 0 Å². The van der Waals surface area contributed by atoms with Gasteiger partial charge in [0.15, 0.2) is 5.75 Å². The van der Waals surface area contributed by atoms with Crippen molar-refractivity contribution in [3.05, 3.63) is 23.8 Å². The molecule has 0 aromatic heterocycles. The Bertz CT molecular complexity index is 558. The molecule has 0 spiro atoms. The molecule has 0 saturated heterocycles. The first-order valence-electron chi connectivity index (χ1n) is 6.09. The summed E-state index contributed by atoms with van der Waals surface area (Å²) in [5, 5.41) is 20.9. The zero-order valence-electron chi connectivity index (χ0n) is 11.6. The van der Waals surface area contributed by atoms with Crippen LogP contribution in [0.4, 0.5) is 10.5 Å². The molecule has 0 saturated carbocycles. The first kappa shape index (κ1) is 16.3. The summed E-state index contributed by atoms with van der Waals surface area (Å²) in [5.41, 5.74) is -0.392. The highest BCUT2D eigenvalue weighted by molar-refractivity contribution is 5.97. The van der Waals surface area contributed by atoms with Crippen LogP contribution in [-0.2, 0) is 9.53 Å². The van der Waals surface area contributed by atoms with E-state index in [1.54, 1.807) is 6.92 Å². The monoisotopic (exact) mass is 296 g/mol. The zero-order chi connectivity index (χ0) is 16.0. The molecule has 0 aliphatic carbocycles. The number of carboxylic acid groups (broad SMARTS) is 1. The van der Waals surface area contributed by atoms with E-state index in [0.717, 1.165) is 4.90 Å². The van der Waals surface area contributed by atoms with Crippen molar-refractivity contribution in [1.29, 1.82) is 0 Å². The van der Waals surface area contributed by atoms with Crippen LogP contribution in [0.5, 0.6) is 5.75 Å². The highest BCUT2D eigenvalue weighted by atomic mass is 16.5. The Kier molecular flexibility index (Phi) is 5.53. The van der Waals surface area contributed by atoms with Crippen molar-refractivity contribution in [3.63, 3.8) is 0 Å². The number of rotatable bonds is 5. The van der Waals surface area contributed by atoms with Crippen LogP contribution < -0.4 is 5.32 Å². The van der Waals surface area contributed by atoms with Crippen molar-refractivity contribution >= 4 is 23.7 Å². The largest absolute Gasteiger partial charge is 0.505 e. The second-order valence-corrected chi connectivity index (χ2v) is 4.10. The number of para-hydroxylation sites is 1. The molecule has 0 atom stereocenters. The second kappa shape index (κ2) is 7.13. The fourth-order valence-electron chi connectivity index (χ4n) is 1.50. The van der Waals surface area contributed by atoms with Crippen LogP contribution in [0, 0.1) is 0 Å². The molecule has 0 aliphatic rings. The maximum Gasteiger partial charge on any atom is 0.339 e. The van der Waals surface area contributed by atoms with Crippen molar-refractivity contribution in [2.75, 3.05) is 25.5 Å². The Morgan fingerprint density at radius 1 is 1.33 bits per heavy atom. The van der Waals surface area contributed by atoms with Crippen molar-refractivity contribution < 1.29 is 29.3 Å². The minimum Gasteiger partial charge on any atom is -0.505 e. The van der Waals surface area contributed by atoms with Crippen LogP contribution in [0.15, 0.2) is 18.2 Å². The lowest BCUT2D eigenvalue weighted by Gasteiger charge is -2.17. The smallest absolute Gasteiger partial charge is 0.339 e. The van der Waals surface area contributed by atoms with Gasteiger partial charge < -0.3 is 25.2 Å². The van der Waals surface area contributed by atoms with Crippen LogP contribution in [0.1, 0.15) is 17.3 Å². The lowest BCUT2D eigenvalue weighted by molar-refractivity contribution is -0.143. The SMILES string of the molecule is CCOC(=O)CN(C)C(=O)Nc1cccc(C(=O)O)c1O. The van der Waals surface area contributed by atoms with Gasteiger partial charge in [-0.05, 0) is 19.1 Å². The third kappa shape index (κ3) is 4.37. The highest BCUT2D eigenvalue weighted by Gasteiger charge is 2.18. The van der Waals surface area contributed by atoms with Gasteiger partial charge in [0.25, 0.3) is 0 Å². The number of hydrogen-bond donors (Lipinski definition) is 3. The number of benzene rings is 1. The van der Waals surface area contributed by atoms with Crippen LogP contribution in [-0.4, -0.2) is 53.3 Å². The number of carbonyl (C=O) groups excluding carboxylic acids is 2. The number of hydrogen-bond acceptors (Lipinski definition) is 5. The molecule has 1 rings (SSSR count). The van der Waals surface area contributed by atoms with E-state index in [1.807, 2.05) is 0 Å². The maximum absolute atomic E-state index is 11.8. The standard InChI is InChI=1S/C13H16N2O6/c1-3-21-10(16)7-15(2)13(20)14-9-6-4-5-8(11(9)17)12(18)19/h4-6,17H,3,7H2,1-2H3,(H,14,20)(H,18,19). The van der Waals surface area contributed by atoms with Crippen LogP contribution in [0.25, 0.3) is 0 Å². The predicted molar refractivity (Wildman–Crippen MR) is 73.3 cm³/mol. The number of carboxylic acids is 1. The van der Waals surface area contributed by atoms with E-state index in [-0.39, 0.29) is 24.4 Å². The summed E-state index contributed by atoms with van der Waals surface area (Å²) in [6.07, 6.45) is 0. The summed E-state index contributed by atoms with van der Waals surface area (Å²) in [6, 6.07) is 3.25. The van der Waals surface area contributed by atoms with Gasteiger partial charge in [0, 0.05) is 7.05 Å². The molecule has 0 fully saturated rings. The fraction of sp³-hybridized carbons (Fsp3) is 0.308. The Morgan fingerprint density at radius 2 is 2.00 bits per heavy atom. The van der Waals surface area contributed by atoms with Gasteiger partial charge in [0.1, 0.15) is 12.1 Å². The summed E-state index contributed by atoms with van der Waals surface area (Å²) in [5.74, 6) is -2.44. The Labute approximate surface area is 120 Å². The van der Waals surface area contributed by atoms with Gasteiger partial charge in [0.2, 0.25) is 0 Å². The molecule has 0 bridgehead atoms. The average molecular weight is 296 g/mol. The van der Waals surface area contributed by atoms with E-state index in [0.29, 0.717) is 0 Å². The molecule has 3 N–H and O–H groups in total. The number of carbonyl (C=O) groups is 3. The van der Waals surface area contributed by atoms with Crippen LogP contribution >= 0.6 is 0 Å². The zero-order valence-corrected chi connectivity index (χ0v) is 11.6. The lowest BCUT2D eigenvalue weighted by atomic mass is 10.1. The predicted octanol–water partition coefficient (Wildman–Crippen LogP) is 1.12. The van der Waals surface area contributed by atoms with Gasteiger partial charge in [-0.1, -0.05) is 6.07 Å². The first-order chi connectivity index (χ1) is 9.86. The topological polar surface area (TPSA) is 116 Å². The third-order valence-corrected chi connectivity index (χ3v) is 2.53. The summed E-state index contributed by atoms with van der Waals surface area (Å²) >= 11 is 0. The Morgan fingerprint density at radius 3 is 2.57 bits per heavy atom. The minimum atomic E-state index is -1.32. The molecule has 21 heavy (non-hydrogen) atoms. The molecule has 8 nitrogen and oxygen atoms in total. The number of phenols is 1. The molecule has 114 valence electrons. The molecule has 0 radical (unpaired) electrons. The summed E-state index contributed by atoms with van der Waals surface area (Å²) in [7, 11) is 1.37. The molecule has 8 heteroatoms. The molecule has 1 aromatic carbocycles. The second-order valence-electron chi connectivity index (χ2n) is 4.10. The molecule has 1 aromatic rings. The summed E-state index contributed by atoms with van der Waals surface area (Å²) in [6.45, 7) is 1.59. The maximum atomic E-state index is 11.8. The van der Waals surface area contributed by atoms with Crippen molar-refractivity contribution in [1.82, 2.24) is 4.90 Å². The van der Waals surface area contributed by atoms with Crippen LogP contribution in [0.2, 0.25) is 0 Å². The van der Waals surface area contributed by atoms with E-state index in [9.17, 15) is 19.5 Å². The first-order valence-corrected chi connectivity index (χ1v) is 6.09. The summed E-state index contributed by atoms with van der Waals surface area (Å²) < 4.78 is 4.70. The molecule has 0 unspecified atom stereocenters. The average Bonchev–Trinajstić information content (AvgIpc) is 2.40. The van der Waals surface area contributed by atoms with Crippen molar-refractivity contribution in [2.45, 2.75) is 6.92 Å². The minimum absolute atomic E-state index is 0.0596. The number of nitrogens with zero attached hydrogens (tertiary/aromatic N) is 1. The van der Waals surface area contributed by atoms with Gasteiger partial charge in [-0.2, -0.15) is 0 Å². The number of likely N-dealkylation sites (N-methyl/N-ethyl adjacent to an activating group) is 1. The number of anilines is 1. The van der Waals surface area contributed by atoms with Crippen molar-refractivity contribution in [2.24, 2.45) is 0 Å². The Hall–Kier alpha value is -2.77. The van der Waals surface area contributed by atoms with Gasteiger partial charge in [0.05, 0.1) is 12.3 Å². The number of esters is 1. The van der Waals surface area contributed by atoms with E-state index < -0.39 is 23.7 Å². The van der Waals surface area contributed by atoms with Crippen molar-refractivity contribution in [3.8, 4) is 5.75 Å². The van der Waals surface area contributed by atoms with Crippen LogP contribution in [0.3, 0.4) is 0 Å². The number of nitrogens with one attached hydrogen (secondary N) is 1.